The molecule has 100 valence electrons. The Kier molecular flexibility index (Phi) is 4.91. The molecule has 0 aromatic carbocycles. The zero-order valence-electron chi connectivity index (χ0n) is 10.5. The number of methoxy groups -OCH3 is 1. The van der Waals surface area contributed by atoms with Crippen molar-refractivity contribution in [2.24, 2.45) is 0 Å². The first-order valence-corrected chi connectivity index (χ1v) is 7.28. The molecule has 0 saturated carbocycles. The van der Waals surface area contributed by atoms with Crippen LogP contribution in [0.3, 0.4) is 0 Å². The van der Waals surface area contributed by atoms with Crippen molar-refractivity contribution in [1.82, 2.24) is 9.62 Å². The molecule has 7 heteroatoms. The van der Waals surface area contributed by atoms with E-state index in [0.717, 1.165) is 0 Å². The average Bonchev–Trinajstić information content (AvgIpc) is 2.25. The van der Waals surface area contributed by atoms with Gasteiger partial charge in [-0.25, -0.2) is 8.42 Å². The molecule has 2 unspecified atom stereocenters. The van der Waals surface area contributed by atoms with Gasteiger partial charge in [-0.1, -0.05) is 0 Å². The highest BCUT2D eigenvalue weighted by Crippen LogP contribution is 2.16. The fourth-order valence-corrected chi connectivity index (χ4v) is 3.96. The van der Waals surface area contributed by atoms with Crippen LogP contribution in [0.25, 0.3) is 0 Å². The second-order valence-corrected chi connectivity index (χ2v) is 6.32. The maximum atomic E-state index is 12.1. The van der Waals surface area contributed by atoms with Gasteiger partial charge in [-0.2, -0.15) is 4.31 Å². The van der Waals surface area contributed by atoms with Crippen molar-refractivity contribution < 1.29 is 17.9 Å². The molecule has 0 aliphatic carbocycles. The molecular weight excluding hydrogens is 244 g/mol. The van der Waals surface area contributed by atoms with E-state index in [1.165, 1.54) is 11.4 Å². The highest BCUT2D eigenvalue weighted by molar-refractivity contribution is 7.89. The Labute approximate surface area is 102 Å². The van der Waals surface area contributed by atoms with Crippen LogP contribution in [0.1, 0.15) is 20.3 Å². The van der Waals surface area contributed by atoms with Crippen molar-refractivity contribution in [3.05, 3.63) is 0 Å². The number of nitrogens with zero attached hydrogens (tertiary/aromatic N) is 1. The molecule has 1 rings (SSSR count). The minimum absolute atomic E-state index is 0.0820. The third kappa shape index (κ3) is 3.65. The van der Waals surface area contributed by atoms with Gasteiger partial charge in [-0.05, 0) is 13.8 Å². The second kappa shape index (κ2) is 5.79. The fourth-order valence-electron chi connectivity index (χ4n) is 2.08. The third-order valence-corrected chi connectivity index (χ3v) is 4.94. The van der Waals surface area contributed by atoms with Gasteiger partial charge in [-0.3, -0.25) is 4.79 Å². The molecule has 1 N–H and O–H groups in total. The lowest BCUT2D eigenvalue weighted by molar-refractivity contribution is -0.140. The number of carbonyl (C=O) groups is 1. The number of sulfonamides is 1. The molecule has 0 aromatic heterocycles. The first-order valence-electron chi connectivity index (χ1n) is 5.67. The van der Waals surface area contributed by atoms with Gasteiger partial charge in [0.15, 0.2) is 0 Å². The molecule has 2 atom stereocenters. The van der Waals surface area contributed by atoms with Crippen LogP contribution < -0.4 is 5.32 Å². The second-order valence-electron chi connectivity index (χ2n) is 4.33. The van der Waals surface area contributed by atoms with Crippen molar-refractivity contribution in [3.8, 4) is 0 Å². The van der Waals surface area contributed by atoms with Gasteiger partial charge < -0.3 is 10.1 Å². The van der Waals surface area contributed by atoms with Crippen LogP contribution in [0.2, 0.25) is 0 Å². The number of hydrogen-bond donors (Lipinski definition) is 1. The Balaban J connectivity index is 2.70. The summed E-state index contributed by atoms with van der Waals surface area (Å²) in [5.41, 5.74) is 0. The van der Waals surface area contributed by atoms with Gasteiger partial charge in [-0.15, -0.1) is 0 Å². The number of rotatable bonds is 4. The molecule has 0 aromatic rings. The topological polar surface area (TPSA) is 75.7 Å². The Hall–Kier alpha value is -0.660. The molecule has 0 radical (unpaired) electrons. The lowest BCUT2D eigenvalue weighted by Crippen LogP contribution is -2.57. The van der Waals surface area contributed by atoms with Crippen molar-refractivity contribution >= 4 is 16.0 Å². The van der Waals surface area contributed by atoms with Crippen LogP contribution in [0, 0.1) is 0 Å². The zero-order valence-corrected chi connectivity index (χ0v) is 11.3. The summed E-state index contributed by atoms with van der Waals surface area (Å²) < 4.78 is 30.2. The first-order chi connectivity index (χ1) is 7.88. The normalized spacial score (nSPS) is 26.8. The molecule has 0 bridgehead atoms. The van der Waals surface area contributed by atoms with Gasteiger partial charge in [0, 0.05) is 25.2 Å². The Morgan fingerprint density at radius 3 is 2.35 bits per heavy atom. The Morgan fingerprint density at radius 2 is 1.88 bits per heavy atom. The van der Waals surface area contributed by atoms with E-state index in [1.54, 1.807) is 0 Å². The molecule has 0 spiro atoms. The number of carbonyl (C=O) groups excluding carboxylic acids is 1. The Morgan fingerprint density at radius 1 is 1.35 bits per heavy atom. The molecule has 1 fully saturated rings. The zero-order chi connectivity index (χ0) is 13.1. The first kappa shape index (κ1) is 14.4. The minimum Gasteiger partial charge on any atom is -0.469 e. The summed E-state index contributed by atoms with van der Waals surface area (Å²) in [6.07, 6.45) is -0.0950. The third-order valence-electron chi connectivity index (χ3n) is 2.86. The fraction of sp³-hybridized carbons (Fsp3) is 0.900. The molecule has 1 saturated heterocycles. The maximum absolute atomic E-state index is 12.1. The quantitative estimate of drug-likeness (QED) is 0.697. The number of ether oxygens (including phenoxy) is 1. The molecule has 1 heterocycles. The molecule has 0 amide bonds. The number of nitrogens with one attached hydrogen (secondary N) is 1. The van der Waals surface area contributed by atoms with E-state index in [2.05, 4.69) is 10.1 Å². The number of hydrogen-bond acceptors (Lipinski definition) is 5. The lowest BCUT2D eigenvalue weighted by Gasteiger charge is -2.38. The minimum atomic E-state index is -3.39. The summed E-state index contributed by atoms with van der Waals surface area (Å²) in [4.78, 5) is 11.0. The average molecular weight is 264 g/mol. The lowest BCUT2D eigenvalue weighted by atomic mass is 10.2. The number of piperazine rings is 1. The van der Waals surface area contributed by atoms with Crippen LogP contribution in [0.15, 0.2) is 0 Å². The van der Waals surface area contributed by atoms with Gasteiger partial charge in [0.1, 0.15) is 0 Å². The monoisotopic (exact) mass is 264 g/mol. The molecule has 1 aliphatic heterocycles. The molecular formula is C10H20N2O4S. The SMILES string of the molecule is COC(=O)CCS(=O)(=O)N1C(C)CNCC1C. The van der Waals surface area contributed by atoms with Crippen LogP contribution in [0.5, 0.6) is 0 Å². The van der Waals surface area contributed by atoms with E-state index in [0.29, 0.717) is 13.1 Å². The van der Waals surface area contributed by atoms with Crippen LogP contribution in [-0.2, 0) is 19.6 Å². The summed E-state index contributed by atoms with van der Waals surface area (Å²) in [5.74, 6) is -0.682. The molecule has 6 nitrogen and oxygen atoms in total. The summed E-state index contributed by atoms with van der Waals surface area (Å²) in [7, 11) is -2.14. The summed E-state index contributed by atoms with van der Waals surface area (Å²) >= 11 is 0. The predicted molar refractivity (Wildman–Crippen MR) is 64.1 cm³/mol. The number of esters is 1. The standard InChI is InChI=1S/C10H20N2O4S/c1-8-6-11-7-9(2)12(8)17(14,15)5-4-10(13)16-3/h8-9,11H,4-7H2,1-3H3. The van der Waals surface area contributed by atoms with E-state index in [1.807, 2.05) is 13.8 Å². The van der Waals surface area contributed by atoms with Gasteiger partial charge >= 0.3 is 5.97 Å². The van der Waals surface area contributed by atoms with Crippen LogP contribution >= 0.6 is 0 Å². The van der Waals surface area contributed by atoms with Crippen molar-refractivity contribution in [1.29, 1.82) is 0 Å². The van der Waals surface area contributed by atoms with Gasteiger partial charge in [0.2, 0.25) is 10.0 Å². The van der Waals surface area contributed by atoms with E-state index >= 15 is 0 Å². The Bertz CT molecular complexity index is 359. The van der Waals surface area contributed by atoms with Gasteiger partial charge in [0.25, 0.3) is 0 Å². The van der Waals surface area contributed by atoms with Crippen LogP contribution in [-0.4, -0.2) is 56.7 Å². The molecule has 17 heavy (non-hydrogen) atoms. The molecule has 1 aliphatic rings. The predicted octanol–water partition coefficient (Wildman–Crippen LogP) is -0.438. The maximum Gasteiger partial charge on any atom is 0.306 e. The highest BCUT2D eigenvalue weighted by atomic mass is 32.2. The van der Waals surface area contributed by atoms with E-state index < -0.39 is 16.0 Å². The van der Waals surface area contributed by atoms with E-state index in [-0.39, 0.29) is 24.3 Å². The van der Waals surface area contributed by atoms with Gasteiger partial charge in [0.05, 0.1) is 19.3 Å². The summed E-state index contributed by atoms with van der Waals surface area (Å²) in [6.45, 7) is 5.00. The van der Waals surface area contributed by atoms with Crippen molar-refractivity contribution in [2.75, 3.05) is 26.0 Å². The van der Waals surface area contributed by atoms with E-state index in [9.17, 15) is 13.2 Å². The smallest absolute Gasteiger partial charge is 0.306 e. The summed E-state index contributed by atoms with van der Waals surface area (Å²) in [6, 6.07) is -0.164. The summed E-state index contributed by atoms with van der Waals surface area (Å²) in [5, 5.41) is 3.16. The van der Waals surface area contributed by atoms with Crippen molar-refractivity contribution in [2.45, 2.75) is 32.4 Å². The highest BCUT2D eigenvalue weighted by Gasteiger charge is 2.34. The van der Waals surface area contributed by atoms with E-state index in [4.69, 9.17) is 0 Å². The largest absolute Gasteiger partial charge is 0.469 e. The van der Waals surface area contributed by atoms with Crippen molar-refractivity contribution in [3.63, 3.8) is 0 Å². The van der Waals surface area contributed by atoms with Crippen LogP contribution in [0.4, 0.5) is 0 Å².